The van der Waals surface area contributed by atoms with Gasteiger partial charge in [-0.25, -0.2) is 4.79 Å². The van der Waals surface area contributed by atoms with Crippen molar-refractivity contribution in [3.8, 4) is 0 Å². The molecule has 6 nitrogen and oxygen atoms in total. The molecular formula is C22H36N2O4. The molecule has 28 heavy (non-hydrogen) atoms. The van der Waals surface area contributed by atoms with Crippen molar-refractivity contribution >= 4 is 12.0 Å². The number of carbonyl (C=O) groups excluding carboxylic acids is 2. The molecule has 6 unspecified atom stereocenters. The van der Waals surface area contributed by atoms with Crippen LogP contribution in [0.3, 0.4) is 0 Å². The van der Waals surface area contributed by atoms with Gasteiger partial charge in [0.25, 0.3) is 0 Å². The number of hydrogen-bond donors (Lipinski definition) is 2. The summed E-state index contributed by atoms with van der Waals surface area (Å²) in [5, 5.41) is 14.0. The molecule has 0 aromatic heterocycles. The molecule has 0 aromatic carbocycles. The third-order valence-corrected chi connectivity index (χ3v) is 7.62. The molecule has 0 spiro atoms. The van der Waals surface area contributed by atoms with Gasteiger partial charge >= 0.3 is 6.09 Å². The van der Waals surface area contributed by atoms with Crippen molar-refractivity contribution in [2.45, 2.75) is 89.4 Å². The molecule has 1 aliphatic heterocycles. The highest BCUT2D eigenvalue weighted by molar-refractivity contribution is 5.82. The van der Waals surface area contributed by atoms with Crippen LogP contribution in [0.5, 0.6) is 0 Å². The van der Waals surface area contributed by atoms with E-state index in [-0.39, 0.29) is 23.8 Å². The maximum absolute atomic E-state index is 13.5. The van der Waals surface area contributed by atoms with E-state index >= 15 is 0 Å². The molecule has 2 amide bonds. The van der Waals surface area contributed by atoms with E-state index in [1.807, 2.05) is 25.7 Å². The lowest BCUT2D eigenvalue weighted by molar-refractivity contribution is -0.149. The van der Waals surface area contributed by atoms with Crippen molar-refractivity contribution < 1.29 is 19.4 Å². The summed E-state index contributed by atoms with van der Waals surface area (Å²) in [5.41, 5.74) is -1.11. The summed E-state index contributed by atoms with van der Waals surface area (Å²) in [6.45, 7) is 6.88. The van der Waals surface area contributed by atoms with Gasteiger partial charge < -0.3 is 20.1 Å². The highest BCUT2D eigenvalue weighted by Gasteiger charge is 2.54. The minimum absolute atomic E-state index is 0.117. The van der Waals surface area contributed by atoms with E-state index in [9.17, 15) is 14.7 Å². The van der Waals surface area contributed by atoms with Crippen molar-refractivity contribution in [2.24, 2.45) is 23.7 Å². The van der Waals surface area contributed by atoms with Crippen molar-refractivity contribution in [1.29, 1.82) is 0 Å². The zero-order chi connectivity index (χ0) is 20.1. The number of ether oxygens (including phenoxy) is 1. The van der Waals surface area contributed by atoms with E-state index in [0.29, 0.717) is 31.3 Å². The van der Waals surface area contributed by atoms with Crippen LogP contribution in [0.2, 0.25) is 0 Å². The van der Waals surface area contributed by atoms with Crippen molar-refractivity contribution in [1.82, 2.24) is 10.2 Å². The summed E-state index contributed by atoms with van der Waals surface area (Å²) in [5.74, 6) is 0.990. The van der Waals surface area contributed by atoms with Gasteiger partial charge in [-0.15, -0.1) is 0 Å². The number of fused-ring (bicyclic) bond motifs is 3. The lowest BCUT2D eigenvalue weighted by Crippen LogP contribution is -2.58. The standard InChI is InChI=1S/C22H36N2O4/c1-21(2,3)28-20(26)23-18-15-8-7-14(12-15)17(18)19(25)24-11-10-22(27)9-5-4-6-16(22)13-24/h14-18,27H,4-13H2,1-3H3,(H,23,26). The van der Waals surface area contributed by atoms with Crippen LogP contribution in [0.4, 0.5) is 4.79 Å². The van der Waals surface area contributed by atoms with Crippen molar-refractivity contribution in [3.63, 3.8) is 0 Å². The van der Waals surface area contributed by atoms with E-state index in [1.165, 1.54) is 0 Å². The Labute approximate surface area is 168 Å². The monoisotopic (exact) mass is 392 g/mol. The van der Waals surface area contributed by atoms with Gasteiger partial charge in [0.05, 0.1) is 11.5 Å². The average Bonchev–Trinajstić information content (AvgIpc) is 3.20. The number of carbonyl (C=O) groups is 2. The molecule has 2 N–H and O–H groups in total. The van der Waals surface area contributed by atoms with E-state index in [4.69, 9.17) is 4.74 Å². The summed E-state index contributed by atoms with van der Waals surface area (Å²) in [4.78, 5) is 27.9. The van der Waals surface area contributed by atoms with Crippen LogP contribution in [0.1, 0.15) is 72.1 Å². The molecule has 4 aliphatic rings. The van der Waals surface area contributed by atoms with Gasteiger partial charge in [0, 0.05) is 25.0 Å². The van der Waals surface area contributed by atoms with Gasteiger partial charge in [0.1, 0.15) is 5.60 Å². The maximum Gasteiger partial charge on any atom is 0.407 e. The van der Waals surface area contributed by atoms with Crippen molar-refractivity contribution in [3.05, 3.63) is 0 Å². The molecule has 4 rings (SSSR count). The van der Waals surface area contributed by atoms with Crippen molar-refractivity contribution in [2.75, 3.05) is 13.1 Å². The third-order valence-electron chi connectivity index (χ3n) is 7.62. The van der Waals surface area contributed by atoms with Gasteiger partial charge in [-0.3, -0.25) is 4.79 Å². The van der Waals surface area contributed by atoms with Gasteiger partial charge in [0.15, 0.2) is 0 Å². The Morgan fingerprint density at radius 3 is 2.61 bits per heavy atom. The largest absolute Gasteiger partial charge is 0.444 e. The summed E-state index contributed by atoms with van der Waals surface area (Å²) in [7, 11) is 0. The fraction of sp³-hybridized carbons (Fsp3) is 0.909. The maximum atomic E-state index is 13.5. The summed E-state index contributed by atoms with van der Waals surface area (Å²) in [6, 6.07) is -0.117. The second kappa shape index (κ2) is 7.19. The zero-order valence-electron chi connectivity index (χ0n) is 17.6. The second-order valence-corrected chi connectivity index (χ2v) is 10.6. The molecule has 6 heteroatoms. The van der Waals surface area contributed by atoms with Crippen LogP contribution < -0.4 is 5.32 Å². The number of alkyl carbamates (subject to hydrolysis) is 1. The Bertz CT molecular complexity index is 631. The van der Waals surface area contributed by atoms with Gasteiger partial charge in [0.2, 0.25) is 5.91 Å². The van der Waals surface area contributed by atoms with Gasteiger partial charge in [-0.05, 0) is 71.1 Å². The van der Waals surface area contributed by atoms with Crippen LogP contribution in [-0.4, -0.2) is 52.3 Å². The lowest BCUT2D eigenvalue weighted by Gasteiger charge is -2.48. The predicted molar refractivity (Wildman–Crippen MR) is 106 cm³/mol. The average molecular weight is 393 g/mol. The van der Waals surface area contributed by atoms with E-state index in [1.54, 1.807) is 0 Å². The van der Waals surface area contributed by atoms with Gasteiger partial charge in [-0.2, -0.15) is 0 Å². The molecule has 0 aromatic rings. The Morgan fingerprint density at radius 2 is 1.86 bits per heavy atom. The first-order valence-electron chi connectivity index (χ1n) is 11.2. The van der Waals surface area contributed by atoms with Crippen LogP contribution in [-0.2, 0) is 9.53 Å². The first kappa shape index (κ1) is 20.0. The summed E-state index contributed by atoms with van der Waals surface area (Å²) < 4.78 is 5.46. The number of nitrogens with one attached hydrogen (secondary N) is 1. The highest BCUT2D eigenvalue weighted by Crippen LogP contribution is 2.50. The number of amides is 2. The highest BCUT2D eigenvalue weighted by atomic mass is 16.6. The topological polar surface area (TPSA) is 78.9 Å². The molecule has 3 aliphatic carbocycles. The van der Waals surface area contributed by atoms with E-state index in [2.05, 4.69) is 5.32 Å². The van der Waals surface area contributed by atoms with Crippen LogP contribution in [0, 0.1) is 23.7 Å². The number of likely N-dealkylation sites (tertiary alicyclic amines) is 1. The Hall–Kier alpha value is -1.30. The molecule has 4 fully saturated rings. The minimum atomic E-state index is -0.572. The Balaban J connectivity index is 1.44. The van der Waals surface area contributed by atoms with Crippen LogP contribution >= 0.6 is 0 Å². The van der Waals surface area contributed by atoms with E-state index < -0.39 is 17.3 Å². The number of piperidine rings is 1. The fourth-order valence-corrected chi connectivity index (χ4v) is 6.28. The second-order valence-electron chi connectivity index (χ2n) is 10.6. The normalized spacial score (nSPS) is 40.1. The van der Waals surface area contributed by atoms with Crippen LogP contribution in [0.15, 0.2) is 0 Å². The molecule has 1 heterocycles. The Kier molecular flexibility index (Phi) is 5.13. The van der Waals surface area contributed by atoms with Gasteiger partial charge in [-0.1, -0.05) is 12.8 Å². The first-order chi connectivity index (χ1) is 13.2. The molecule has 1 saturated heterocycles. The summed E-state index contributed by atoms with van der Waals surface area (Å²) in [6.07, 6.45) is 7.58. The fourth-order valence-electron chi connectivity index (χ4n) is 6.28. The molecular weight excluding hydrogens is 356 g/mol. The number of hydrogen-bond acceptors (Lipinski definition) is 4. The lowest BCUT2D eigenvalue weighted by atomic mass is 9.71. The zero-order valence-corrected chi connectivity index (χ0v) is 17.6. The molecule has 158 valence electrons. The third kappa shape index (κ3) is 3.77. The van der Waals surface area contributed by atoms with E-state index in [0.717, 1.165) is 44.9 Å². The molecule has 2 bridgehead atoms. The number of aliphatic hydroxyl groups is 1. The smallest absolute Gasteiger partial charge is 0.407 e. The first-order valence-corrected chi connectivity index (χ1v) is 11.2. The predicted octanol–water partition coefficient (Wildman–Crippen LogP) is 3.08. The molecule has 6 atom stereocenters. The number of nitrogens with zero attached hydrogens (tertiary/aromatic N) is 1. The Morgan fingerprint density at radius 1 is 1.11 bits per heavy atom. The molecule has 0 radical (unpaired) electrons. The van der Waals surface area contributed by atoms with Crippen LogP contribution in [0.25, 0.3) is 0 Å². The quantitative estimate of drug-likeness (QED) is 0.757. The summed E-state index contributed by atoms with van der Waals surface area (Å²) >= 11 is 0. The number of rotatable bonds is 2. The molecule has 3 saturated carbocycles. The SMILES string of the molecule is CC(C)(C)OC(=O)NC1C2CCC(C2)C1C(=O)N1CCC2(O)CCCCC2C1. The minimum Gasteiger partial charge on any atom is -0.444 e.